The molecule has 0 spiro atoms. The number of rotatable bonds is 4. The Morgan fingerprint density at radius 3 is 2.59 bits per heavy atom. The first kappa shape index (κ1) is 19.9. The lowest BCUT2D eigenvalue weighted by molar-refractivity contribution is 0.0954. The second-order valence-electron chi connectivity index (χ2n) is 9.74. The van der Waals surface area contributed by atoms with Gasteiger partial charge in [-0.05, 0) is 74.3 Å². The van der Waals surface area contributed by atoms with Gasteiger partial charge >= 0.3 is 0 Å². The summed E-state index contributed by atoms with van der Waals surface area (Å²) in [6.45, 7) is 11.7. The number of nitrogens with one attached hydrogen (secondary N) is 1. The van der Waals surface area contributed by atoms with Gasteiger partial charge in [-0.3, -0.25) is 4.79 Å². The highest BCUT2D eigenvalue weighted by Crippen LogP contribution is 2.54. The number of nitrogens with zero attached hydrogens (tertiary/aromatic N) is 1. The zero-order valence-corrected chi connectivity index (χ0v) is 17.6. The number of hydrogen-bond acceptors (Lipinski definition) is 2. The van der Waals surface area contributed by atoms with Gasteiger partial charge in [0.1, 0.15) is 0 Å². The van der Waals surface area contributed by atoms with Crippen LogP contribution in [-0.2, 0) is 0 Å². The second-order valence-corrected chi connectivity index (χ2v) is 9.74. The molecule has 146 valence electrons. The third-order valence-electron chi connectivity index (χ3n) is 6.68. The highest BCUT2D eigenvalue weighted by Gasteiger charge is 2.41. The summed E-state index contributed by atoms with van der Waals surface area (Å²) < 4.78 is 0. The van der Waals surface area contributed by atoms with E-state index >= 15 is 0 Å². The van der Waals surface area contributed by atoms with Crippen LogP contribution in [-0.4, -0.2) is 11.6 Å². The number of amides is 1. The fourth-order valence-electron chi connectivity index (χ4n) is 4.84. The molecule has 0 aliphatic heterocycles. The molecular weight excluding hydrogens is 332 g/mol. The molecule has 0 radical (unpaired) electrons. The molecule has 0 unspecified atom stereocenters. The molecule has 2 aliphatic rings. The summed E-state index contributed by atoms with van der Waals surface area (Å²) in [4.78, 5) is 12.2. The van der Waals surface area contributed by atoms with Crippen molar-refractivity contribution in [3.8, 4) is 0 Å². The van der Waals surface area contributed by atoms with Gasteiger partial charge in [-0.2, -0.15) is 5.10 Å². The van der Waals surface area contributed by atoms with Gasteiger partial charge in [0.25, 0.3) is 5.91 Å². The van der Waals surface area contributed by atoms with E-state index in [9.17, 15) is 4.79 Å². The molecule has 1 aromatic rings. The second kappa shape index (κ2) is 7.61. The van der Waals surface area contributed by atoms with Crippen molar-refractivity contribution < 1.29 is 4.79 Å². The predicted molar refractivity (Wildman–Crippen MR) is 113 cm³/mol. The van der Waals surface area contributed by atoms with E-state index in [1.165, 1.54) is 32.1 Å². The minimum Gasteiger partial charge on any atom is -0.267 e. The Hall–Kier alpha value is -1.90. The largest absolute Gasteiger partial charge is 0.271 e. The van der Waals surface area contributed by atoms with Crippen molar-refractivity contribution >= 4 is 11.6 Å². The monoisotopic (exact) mass is 366 g/mol. The summed E-state index contributed by atoms with van der Waals surface area (Å²) in [6, 6.07) is 9.26. The Bertz CT molecular complexity index is 756. The molecule has 2 aliphatic carbocycles. The van der Waals surface area contributed by atoms with Crippen LogP contribution in [0.15, 0.2) is 46.6 Å². The van der Waals surface area contributed by atoms with Gasteiger partial charge in [0.05, 0.1) is 0 Å². The number of hydrogen-bond donors (Lipinski definition) is 1. The van der Waals surface area contributed by atoms with Crippen LogP contribution in [0.5, 0.6) is 0 Å². The molecular formula is C24H34N2O. The maximum atomic E-state index is 12.2. The zero-order valence-electron chi connectivity index (χ0n) is 17.6. The molecule has 0 saturated carbocycles. The minimum absolute atomic E-state index is 0.142. The molecule has 1 N–H and O–H groups in total. The van der Waals surface area contributed by atoms with Crippen LogP contribution in [0.25, 0.3) is 0 Å². The number of carbonyl (C=O) groups is 1. The number of allylic oxidation sites excluding steroid dienone is 2. The van der Waals surface area contributed by atoms with E-state index in [1.54, 1.807) is 11.1 Å². The van der Waals surface area contributed by atoms with E-state index < -0.39 is 0 Å². The van der Waals surface area contributed by atoms with Crippen LogP contribution >= 0.6 is 0 Å². The highest BCUT2D eigenvalue weighted by molar-refractivity contribution is 5.95. The lowest BCUT2D eigenvalue weighted by Crippen LogP contribution is -2.36. The Kier molecular flexibility index (Phi) is 5.60. The fourth-order valence-corrected chi connectivity index (χ4v) is 4.84. The Morgan fingerprint density at radius 2 is 1.89 bits per heavy atom. The van der Waals surface area contributed by atoms with E-state index in [-0.39, 0.29) is 11.3 Å². The quantitative estimate of drug-likeness (QED) is 0.389. The Balaban J connectivity index is 1.68. The smallest absolute Gasteiger partial charge is 0.267 e. The molecule has 0 bridgehead atoms. The van der Waals surface area contributed by atoms with Crippen molar-refractivity contribution in [1.29, 1.82) is 0 Å². The molecule has 0 heterocycles. The molecule has 3 rings (SSSR count). The average molecular weight is 367 g/mol. The molecule has 1 atom stereocenters. The lowest BCUT2D eigenvalue weighted by atomic mass is 9.57. The summed E-state index contributed by atoms with van der Waals surface area (Å²) in [7, 11) is 0. The zero-order chi connectivity index (χ0) is 19.7. The topological polar surface area (TPSA) is 41.5 Å². The molecule has 27 heavy (non-hydrogen) atoms. The van der Waals surface area contributed by atoms with E-state index in [0.717, 1.165) is 12.1 Å². The number of carbonyl (C=O) groups excluding carboxylic acids is 1. The standard InChI is InChI=1S/C24H34N2O/c1-17(25-26-22(27)18-10-7-6-8-11-18)14-20-15-19-12-9-13-23(2,3)21(19)16-24(20,4)5/h6-8,10-11,20H,9,12-16H2,1-5H3,(H,26,27)/b25-17+/t20-/m1/s1. The first-order chi connectivity index (χ1) is 12.7. The molecule has 0 fully saturated rings. The van der Waals surface area contributed by atoms with Crippen LogP contribution in [0.1, 0.15) is 83.5 Å². The maximum absolute atomic E-state index is 12.2. The molecule has 0 aromatic heterocycles. The van der Waals surface area contributed by atoms with Crippen molar-refractivity contribution in [2.24, 2.45) is 21.8 Å². The molecule has 0 saturated heterocycles. The van der Waals surface area contributed by atoms with Crippen LogP contribution in [0.4, 0.5) is 0 Å². The van der Waals surface area contributed by atoms with Crippen molar-refractivity contribution in [2.45, 2.75) is 73.1 Å². The first-order valence-electron chi connectivity index (χ1n) is 10.3. The van der Waals surface area contributed by atoms with Gasteiger partial charge in [-0.25, -0.2) is 5.43 Å². The normalized spacial score (nSPS) is 24.3. The van der Waals surface area contributed by atoms with Gasteiger partial charge in [0, 0.05) is 11.3 Å². The number of benzene rings is 1. The highest BCUT2D eigenvalue weighted by atomic mass is 16.2. The Morgan fingerprint density at radius 1 is 1.19 bits per heavy atom. The van der Waals surface area contributed by atoms with E-state index in [1.807, 2.05) is 37.3 Å². The predicted octanol–water partition coefficient (Wildman–Crippen LogP) is 6.13. The van der Waals surface area contributed by atoms with Gasteiger partial charge in [-0.1, -0.05) is 57.0 Å². The van der Waals surface area contributed by atoms with Crippen LogP contribution < -0.4 is 5.43 Å². The third-order valence-corrected chi connectivity index (χ3v) is 6.68. The summed E-state index contributed by atoms with van der Waals surface area (Å²) >= 11 is 0. The van der Waals surface area contributed by atoms with E-state index in [0.29, 0.717) is 16.9 Å². The first-order valence-corrected chi connectivity index (χ1v) is 10.3. The summed E-state index contributed by atoms with van der Waals surface area (Å²) in [5.74, 6) is 0.444. The molecule has 1 aromatic carbocycles. The van der Waals surface area contributed by atoms with Crippen LogP contribution in [0.3, 0.4) is 0 Å². The minimum atomic E-state index is -0.142. The van der Waals surface area contributed by atoms with Gasteiger partial charge in [-0.15, -0.1) is 0 Å². The van der Waals surface area contributed by atoms with Crippen LogP contribution in [0, 0.1) is 16.7 Å². The van der Waals surface area contributed by atoms with Gasteiger partial charge in [0.2, 0.25) is 0 Å². The van der Waals surface area contributed by atoms with Crippen molar-refractivity contribution in [3.63, 3.8) is 0 Å². The van der Waals surface area contributed by atoms with Crippen molar-refractivity contribution in [3.05, 3.63) is 47.0 Å². The summed E-state index contributed by atoms with van der Waals surface area (Å²) in [5, 5.41) is 4.39. The van der Waals surface area contributed by atoms with Crippen molar-refractivity contribution in [2.75, 3.05) is 0 Å². The fraction of sp³-hybridized carbons (Fsp3) is 0.583. The summed E-state index contributed by atoms with van der Waals surface area (Å²) in [6.07, 6.45) is 7.23. The molecule has 3 heteroatoms. The molecule has 3 nitrogen and oxygen atoms in total. The summed E-state index contributed by atoms with van der Waals surface area (Å²) in [5.41, 5.74) is 8.44. The lowest BCUT2D eigenvalue weighted by Gasteiger charge is -2.47. The van der Waals surface area contributed by atoms with Crippen LogP contribution in [0.2, 0.25) is 0 Å². The van der Waals surface area contributed by atoms with Gasteiger partial charge < -0.3 is 0 Å². The maximum Gasteiger partial charge on any atom is 0.271 e. The van der Waals surface area contributed by atoms with Gasteiger partial charge in [0.15, 0.2) is 0 Å². The average Bonchev–Trinajstić information content (AvgIpc) is 2.61. The van der Waals surface area contributed by atoms with Crippen molar-refractivity contribution in [1.82, 2.24) is 5.43 Å². The van der Waals surface area contributed by atoms with E-state index in [4.69, 9.17) is 0 Å². The Labute approximate surface area is 164 Å². The number of hydrazone groups is 1. The van der Waals surface area contributed by atoms with E-state index in [2.05, 4.69) is 38.2 Å². The third kappa shape index (κ3) is 4.51. The molecule has 1 amide bonds. The SMILES string of the molecule is C/C(C[C@@H]1CC2=C(CC1(C)C)C(C)(C)CCC2)=N\NC(=O)c1ccccc1.